The van der Waals surface area contributed by atoms with Gasteiger partial charge in [-0.05, 0) is 19.4 Å². The number of carbonyl (C=O) groups excluding carboxylic acids is 1. The maximum Gasteiger partial charge on any atom is 0.227 e. The van der Waals surface area contributed by atoms with Crippen LogP contribution in [-0.4, -0.2) is 36.1 Å². The lowest BCUT2D eigenvalue weighted by atomic mass is 9.91. The monoisotopic (exact) mass is 276 g/mol. The second-order valence-corrected chi connectivity index (χ2v) is 6.08. The van der Waals surface area contributed by atoms with Gasteiger partial charge in [0.25, 0.3) is 0 Å². The van der Waals surface area contributed by atoms with Crippen molar-refractivity contribution in [3.8, 4) is 0 Å². The van der Waals surface area contributed by atoms with Gasteiger partial charge >= 0.3 is 0 Å². The maximum atomic E-state index is 12.7. The van der Waals surface area contributed by atoms with Gasteiger partial charge in [-0.2, -0.15) is 0 Å². The SMILES string of the molecule is CC(C(=O)N1CCOCC1(C)C)C(N)c1ccccc1. The number of hydrogen-bond acceptors (Lipinski definition) is 3. The molecule has 0 spiro atoms. The fraction of sp³-hybridized carbons (Fsp3) is 0.562. The molecule has 2 rings (SSSR count). The normalized spacial score (nSPS) is 21.3. The quantitative estimate of drug-likeness (QED) is 0.918. The molecule has 1 fully saturated rings. The average Bonchev–Trinajstić information content (AvgIpc) is 2.45. The van der Waals surface area contributed by atoms with E-state index in [4.69, 9.17) is 10.5 Å². The van der Waals surface area contributed by atoms with Crippen molar-refractivity contribution >= 4 is 5.91 Å². The Kier molecular flexibility index (Phi) is 4.45. The number of morpholine rings is 1. The van der Waals surface area contributed by atoms with Crippen molar-refractivity contribution in [2.45, 2.75) is 32.4 Å². The van der Waals surface area contributed by atoms with Crippen LogP contribution in [0.3, 0.4) is 0 Å². The minimum atomic E-state index is -0.276. The van der Waals surface area contributed by atoms with Crippen molar-refractivity contribution in [3.05, 3.63) is 35.9 Å². The summed E-state index contributed by atoms with van der Waals surface area (Å²) in [6.07, 6.45) is 0. The summed E-state index contributed by atoms with van der Waals surface area (Å²) in [6.45, 7) is 7.79. The largest absolute Gasteiger partial charge is 0.377 e. The number of ether oxygens (including phenoxy) is 1. The minimum Gasteiger partial charge on any atom is -0.377 e. The van der Waals surface area contributed by atoms with Crippen LogP contribution in [-0.2, 0) is 9.53 Å². The summed E-state index contributed by atoms with van der Waals surface area (Å²) in [4.78, 5) is 14.6. The number of rotatable bonds is 3. The Morgan fingerprint density at radius 1 is 1.35 bits per heavy atom. The highest BCUT2D eigenvalue weighted by atomic mass is 16.5. The van der Waals surface area contributed by atoms with Crippen molar-refractivity contribution < 1.29 is 9.53 Å². The van der Waals surface area contributed by atoms with Crippen LogP contribution in [0.2, 0.25) is 0 Å². The van der Waals surface area contributed by atoms with Crippen LogP contribution in [0.4, 0.5) is 0 Å². The van der Waals surface area contributed by atoms with Crippen LogP contribution in [0, 0.1) is 5.92 Å². The molecule has 2 unspecified atom stereocenters. The molecule has 0 bridgehead atoms. The van der Waals surface area contributed by atoms with Gasteiger partial charge < -0.3 is 15.4 Å². The molecule has 0 radical (unpaired) electrons. The second-order valence-electron chi connectivity index (χ2n) is 6.08. The van der Waals surface area contributed by atoms with Crippen molar-refractivity contribution in [2.24, 2.45) is 11.7 Å². The molecule has 0 saturated carbocycles. The zero-order valence-corrected chi connectivity index (χ0v) is 12.5. The number of nitrogens with two attached hydrogens (primary N) is 1. The first-order valence-electron chi connectivity index (χ1n) is 7.13. The Morgan fingerprint density at radius 3 is 2.60 bits per heavy atom. The van der Waals surface area contributed by atoms with E-state index in [-0.39, 0.29) is 23.4 Å². The first-order valence-corrected chi connectivity index (χ1v) is 7.13. The van der Waals surface area contributed by atoms with Crippen LogP contribution in [0.25, 0.3) is 0 Å². The molecule has 1 aromatic carbocycles. The van der Waals surface area contributed by atoms with Gasteiger partial charge in [-0.25, -0.2) is 0 Å². The highest BCUT2D eigenvalue weighted by Crippen LogP contribution is 2.26. The highest BCUT2D eigenvalue weighted by Gasteiger charge is 2.37. The number of carbonyl (C=O) groups is 1. The van der Waals surface area contributed by atoms with E-state index in [0.717, 1.165) is 5.56 Å². The summed E-state index contributed by atoms with van der Waals surface area (Å²) in [6, 6.07) is 9.52. The van der Waals surface area contributed by atoms with Gasteiger partial charge in [-0.1, -0.05) is 37.3 Å². The molecular formula is C16H24N2O2. The van der Waals surface area contributed by atoms with Gasteiger partial charge in [-0.15, -0.1) is 0 Å². The van der Waals surface area contributed by atoms with Gasteiger partial charge in [0.15, 0.2) is 0 Å². The standard InChI is InChI=1S/C16H24N2O2/c1-12(14(17)13-7-5-4-6-8-13)15(19)18-9-10-20-11-16(18,2)3/h4-8,12,14H,9-11,17H2,1-3H3. The van der Waals surface area contributed by atoms with E-state index < -0.39 is 0 Å². The summed E-state index contributed by atoms with van der Waals surface area (Å²) < 4.78 is 5.46. The number of amides is 1. The molecule has 2 atom stereocenters. The van der Waals surface area contributed by atoms with Gasteiger partial charge in [0.2, 0.25) is 5.91 Å². The van der Waals surface area contributed by atoms with Crippen molar-refractivity contribution in [2.75, 3.05) is 19.8 Å². The maximum absolute atomic E-state index is 12.7. The molecule has 1 heterocycles. The summed E-state index contributed by atoms with van der Waals surface area (Å²) in [5.41, 5.74) is 6.99. The molecule has 1 saturated heterocycles. The van der Waals surface area contributed by atoms with E-state index in [9.17, 15) is 4.79 Å². The third-order valence-corrected chi connectivity index (χ3v) is 4.02. The Labute approximate surface area is 120 Å². The van der Waals surface area contributed by atoms with E-state index in [1.54, 1.807) is 0 Å². The molecule has 1 aromatic rings. The van der Waals surface area contributed by atoms with E-state index >= 15 is 0 Å². The molecule has 2 N–H and O–H groups in total. The Hall–Kier alpha value is -1.39. The Balaban J connectivity index is 2.12. The molecule has 1 aliphatic rings. The minimum absolute atomic E-state index is 0.106. The Morgan fingerprint density at radius 2 is 2.00 bits per heavy atom. The van der Waals surface area contributed by atoms with Crippen LogP contribution in [0.15, 0.2) is 30.3 Å². The number of hydrogen-bond donors (Lipinski definition) is 1. The lowest BCUT2D eigenvalue weighted by Gasteiger charge is -2.43. The molecule has 1 amide bonds. The lowest BCUT2D eigenvalue weighted by molar-refractivity contribution is -0.150. The lowest BCUT2D eigenvalue weighted by Crippen LogP contribution is -2.57. The molecular weight excluding hydrogens is 252 g/mol. The van der Waals surface area contributed by atoms with Crippen molar-refractivity contribution in [1.29, 1.82) is 0 Å². The number of nitrogens with zero attached hydrogens (tertiary/aromatic N) is 1. The highest BCUT2D eigenvalue weighted by molar-refractivity contribution is 5.80. The van der Waals surface area contributed by atoms with Gasteiger partial charge in [-0.3, -0.25) is 4.79 Å². The topological polar surface area (TPSA) is 55.6 Å². The van der Waals surface area contributed by atoms with Crippen molar-refractivity contribution in [1.82, 2.24) is 4.90 Å². The van der Waals surface area contributed by atoms with E-state index in [0.29, 0.717) is 19.8 Å². The molecule has 0 aliphatic carbocycles. The van der Waals surface area contributed by atoms with Crippen molar-refractivity contribution in [3.63, 3.8) is 0 Å². The van der Waals surface area contributed by atoms with Gasteiger partial charge in [0.05, 0.1) is 24.7 Å². The fourth-order valence-electron chi connectivity index (χ4n) is 2.63. The first-order chi connectivity index (χ1) is 9.43. The molecule has 0 aromatic heterocycles. The zero-order valence-electron chi connectivity index (χ0n) is 12.5. The molecule has 4 nitrogen and oxygen atoms in total. The molecule has 1 aliphatic heterocycles. The number of benzene rings is 1. The van der Waals surface area contributed by atoms with E-state index in [1.165, 1.54) is 0 Å². The van der Waals surface area contributed by atoms with Crippen LogP contribution in [0.1, 0.15) is 32.4 Å². The zero-order chi connectivity index (χ0) is 14.8. The van der Waals surface area contributed by atoms with E-state index in [2.05, 4.69) is 0 Å². The summed E-state index contributed by atoms with van der Waals surface area (Å²) in [7, 11) is 0. The van der Waals surface area contributed by atoms with Gasteiger partial charge in [0, 0.05) is 12.6 Å². The van der Waals surface area contributed by atoms with Crippen LogP contribution < -0.4 is 5.73 Å². The third-order valence-electron chi connectivity index (χ3n) is 4.02. The summed E-state index contributed by atoms with van der Waals surface area (Å²) in [5, 5.41) is 0. The van der Waals surface area contributed by atoms with E-state index in [1.807, 2.05) is 56.0 Å². The second kappa shape index (κ2) is 5.94. The molecule has 20 heavy (non-hydrogen) atoms. The fourth-order valence-corrected chi connectivity index (χ4v) is 2.63. The predicted molar refractivity (Wildman–Crippen MR) is 79.1 cm³/mol. The Bertz CT molecular complexity index is 459. The average molecular weight is 276 g/mol. The smallest absolute Gasteiger partial charge is 0.227 e. The van der Waals surface area contributed by atoms with Crippen LogP contribution >= 0.6 is 0 Å². The van der Waals surface area contributed by atoms with Gasteiger partial charge in [0.1, 0.15) is 0 Å². The van der Waals surface area contributed by atoms with Crippen LogP contribution in [0.5, 0.6) is 0 Å². The first kappa shape index (κ1) is 15.0. The molecule has 110 valence electrons. The summed E-state index contributed by atoms with van der Waals surface area (Å²) in [5.74, 6) is -0.135. The predicted octanol–water partition coefficient (Wildman–Crippen LogP) is 1.96. The third kappa shape index (κ3) is 3.02. The molecule has 4 heteroatoms. The summed E-state index contributed by atoms with van der Waals surface area (Å²) >= 11 is 0.